The summed E-state index contributed by atoms with van der Waals surface area (Å²) in [6.07, 6.45) is 39.0. The fraction of sp³-hybridized carbons (Fsp3) is 0.492. The van der Waals surface area contributed by atoms with E-state index in [-0.39, 0.29) is 27.7 Å². The molecule has 2 atom stereocenters. The van der Waals surface area contributed by atoms with Crippen LogP contribution in [0.3, 0.4) is 0 Å². The summed E-state index contributed by atoms with van der Waals surface area (Å²) < 4.78 is 7.27. The Bertz CT molecular complexity index is 2380. The van der Waals surface area contributed by atoms with Crippen molar-refractivity contribution in [2.75, 3.05) is 4.90 Å². The fourth-order valence-electron chi connectivity index (χ4n) is 9.86. The van der Waals surface area contributed by atoms with E-state index in [1.54, 1.807) is 0 Å². The Morgan fingerprint density at radius 3 is 2.28 bits per heavy atom. The van der Waals surface area contributed by atoms with E-state index in [1.165, 1.54) is 40.8 Å². The molecule has 1 aromatic carbocycles. The highest BCUT2D eigenvalue weighted by Crippen LogP contribution is 2.49. The molecule has 3 aliphatic rings. The van der Waals surface area contributed by atoms with Crippen LogP contribution >= 0.6 is 0 Å². The average molecular weight is 900 g/mol. The molecule has 1 radical (unpaired) electrons. The summed E-state index contributed by atoms with van der Waals surface area (Å²) in [5.41, 5.74) is 13.9. The number of fused-ring (bicyclic) bond motifs is 4. The van der Waals surface area contributed by atoms with Crippen LogP contribution in [0.2, 0.25) is 0 Å². The van der Waals surface area contributed by atoms with Crippen LogP contribution in [0.1, 0.15) is 178 Å². The van der Waals surface area contributed by atoms with Crippen molar-refractivity contribution >= 4 is 29.6 Å². The third-order valence-corrected chi connectivity index (χ3v) is 15.0. The van der Waals surface area contributed by atoms with Crippen molar-refractivity contribution < 1.29 is 4.42 Å². The molecular weight excluding hydrogens is 812 g/mol. The first-order valence-electron chi connectivity index (χ1n) is 25.7. The number of allylic oxidation sites excluding steroid dienone is 13. The number of benzene rings is 1. The van der Waals surface area contributed by atoms with Gasteiger partial charge in [0.15, 0.2) is 0 Å². The summed E-state index contributed by atoms with van der Waals surface area (Å²) in [4.78, 5) is 4.96. The van der Waals surface area contributed by atoms with Crippen LogP contribution < -0.4 is 10.6 Å². The van der Waals surface area contributed by atoms with Crippen LogP contribution in [-0.4, -0.2) is 18.2 Å². The molecule has 0 amide bonds. The van der Waals surface area contributed by atoms with Gasteiger partial charge in [0, 0.05) is 28.7 Å². The summed E-state index contributed by atoms with van der Waals surface area (Å²) >= 11 is 0. The van der Waals surface area contributed by atoms with E-state index >= 15 is 0 Å². The zero-order valence-corrected chi connectivity index (χ0v) is 44.5. The van der Waals surface area contributed by atoms with Gasteiger partial charge in [-0.3, -0.25) is 0 Å². The summed E-state index contributed by atoms with van der Waals surface area (Å²) in [7, 11) is 2.26. The number of hydrogen-bond acceptors (Lipinski definition) is 3. The van der Waals surface area contributed by atoms with Gasteiger partial charge in [-0.25, -0.2) is 0 Å². The first kappa shape index (κ1) is 53.3. The number of anilines is 1. The number of furan rings is 1. The normalized spacial score (nSPS) is 23.6. The molecular formula is C63H88BN2O. The highest BCUT2D eigenvalue weighted by molar-refractivity contribution is 6.60. The molecule has 359 valence electrons. The summed E-state index contributed by atoms with van der Waals surface area (Å²) in [5, 5.41) is 1.14. The van der Waals surface area contributed by atoms with E-state index in [0.717, 1.165) is 109 Å². The monoisotopic (exact) mass is 900 g/mol. The van der Waals surface area contributed by atoms with Gasteiger partial charge in [-0.05, 0) is 166 Å². The molecule has 2 heterocycles. The Hall–Kier alpha value is -4.70. The van der Waals surface area contributed by atoms with Gasteiger partial charge in [-0.1, -0.05) is 174 Å². The van der Waals surface area contributed by atoms with Gasteiger partial charge >= 0.3 is 0 Å². The topological polar surface area (TPSA) is 19.6 Å². The molecule has 67 heavy (non-hydrogen) atoms. The Labute approximate surface area is 410 Å². The molecule has 1 aromatic heterocycles. The van der Waals surface area contributed by atoms with Crippen molar-refractivity contribution in [1.82, 2.24) is 4.90 Å². The van der Waals surface area contributed by atoms with Gasteiger partial charge in [-0.15, -0.1) is 0 Å². The molecule has 3 nitrogen and oxygen atoms in total. The molecule has 0 N–H and O–H groups in total. The predicted molar refractivity (Wildman–Crippen MR) is 297 cm³/mol. The predicted octanol–water partition coefficient (Wildman–Crippen LogP) is 17.9. The van der Waals surface area contributed by atoms with E-state index in [0.29, 0.717) is 5.92 Å². The summed E-state index contributed by atoms with van der Waals surface area (Å²) in [6.45, 7) is 48.7. The lowest BCUT2D eigenvalue weighted by atomic mass is 9.63. The van der Waals surface area contributed by atoms with E-state index in [9.17, 15) is 0 Å². The van der Waals surface area contributed by atoms with Crippen molar-refractivity contribution in [3.05, 3.63) is 168 Å². The van der Waals surface area contributed by atoms with Gasteiger partial charge in [-0.2, -0.15) is 0 Å². The third kappa shape index (κ3) is 13.3. The Morgan fingerprint density at radius 1 is 0.940 bits per heavy atom. The minimum Gasteiger partial charge on any atom is -0.469 e. The largest absolute Gasteiger partial charge is 0.469 e. The van der Waals surface area contributed by atoms with Gasteiger partial charge in [0.2, 0.25) is 7.28 Å². The van der Waals surface area contributed by atoms with Crippen LogP contribution in [0.25, 0.3) is 11.0 Å². The van der Waals surface area contributed by atoms with E-state index in [2.05, 4.69) is 205 Å². The number of hydrogen-bond donors (Lipinski definition) is 0. The second-order valence-electron chi connectivity index (χ2n) is 22.9. The maximum absolute atomic E-state index is 7.27. The van der Waals surface area contributed by atoms with Crippen LogP contribution in [0.4, 0.5) is 5.69 Å². The smallest absolute Gasteiger partial charge is 0.236 e. The lowest BCUT2D eigenvalue weighted by Crippen LogP contribution is -2.35. The quantitative estimate of drug-likeness (QED) is 0.101. The Balaban J connectivity index is 1.85. The molecule has 0 bridgehead atoms. The SMILES string of the molecule is C=C/C=C1\C=C\N(C(C/C=C/CC)C(=C)C(=C)CCC(/C=C\C)=C/C)/C(CCC(=C)C(C)(C)C)=C\[B]c2oc3cc4c(cc3c2N1C1=C/CC(C)(C)CCC(C)C/C=C\1)C(C)(C)CCC4(C)C. The van der Waals surface area contributed by atoms with E-state index in [4.69, 9.17) is 17.6 Å². The first-order valence-corrected chi connectivity index (χ1v) is 25.7. The van der Waals surface area contributed by atoms with Gasteiger partial charge in [0.25, 0.3) is 0 Å². The lowest BCUT2D eigenvalue weighted by Gasteiger charge is -2.41. The van der Waals surface area contributed by atoms with Crippen LogP contribution in [0.15, 0.2) is 161 Å². The molecule has 2 unspecified atom stereocenters. The van der Waals surface area contributed by atoms with Crippen LogP contribution in [-0.2, 0) is 10.8 Å². The molecule has 4 heteroatoms. The van der Waals surface area contributed by atoms with Gasteiger partial charge in [0.05, 0.1) is 17.4 Å². The highest BCUT2D eigenvalue weighted by atomic mass is 16.3. The zero-order chi connectivity index (χ0) is 49.3. The Kier molecular flexibility index (Phi) is 18.0. The summed E-state index contributed by atoms with van der Waals surface area (Å²) in [5.74, 6) is 2.93. The van der Waals surface area contributed by atoms with Crippen molar-refractivity contribution in [3.8, 4) is 0 Å². The average Bonchev–Trinajstić information content (AvgIpc) is 3.63. The third-order valence-electron chi connectivity index (χ3n) is 15.0. The van der Waals surface area contributed by atoms with Crippen LogP contribution in [0.5, 0.6) is 0 Å². The summed E-state index contributed by atoms with van der Waals surface area (Å²) in [6, 6.07) is 4.78. The second kappa shape index (κ2) is 22.6. The minimum absolute atomic E-state index is 0.0183. The number of rotatable bonds is 15. The molecule has 0 saturated heterocycles. The molecule has 0 fully saturated rings. The maximum atomic E-state index is 7.27. The molecule has 0 spiro atoms. The Morgan fingerprint density at radius 2 is 1.64 bits per heavy atom. The van der Waals surface area contributed by atoms with Crippen molar-refractivity contribution in [2.24, 2.45) is 16.7 Å². The minimum atomic E-state index is -0.0795. The molecule has 2 aromatic rings. The van der Waals surface area contributed by atoms with Crippen LogP contribution in [0, 0.1) is 16.7 Å². The van der Waals surface area contributed by atoms with Crippen molar-refractivity contribution in [1.29, 1.82) is 0 Å². The zero-order valence-electron chi connectivity index (χ0n) is 44.5. The van der Waals surface area contributed by atoms with E-state index < -0.39 is 0 Å². The maximum Gasteiger partial charge on any atom is 0.236 e. The van der Waals surface area contributed by atoms with Crippen molar-refractivity contribution in [3.63, 3.8) is 0 Å². The second-order valence-corrected chi connectivity index (χ2v) is 22.9. The molecule has 1 aliphatic heterocycles. The first-order chi connectivity index (χ1) is 31.6. The fourth-order valence-corrected chi connectivity index (χ4v) is 9.86. The van der Waals surface area contributed by atoms with Crippen molar-refractivity contribution in [2.45, 2.75) is 184 Å². The molecule has 5 rings (SSSR count). The highest BCUT2D eigenvalue weighted by Gasteiger charge is 2.39. The van der Waals surface area contributed by atoms with Gasteiger partial charge < -0.3 is 14.2 Å². The molecule has 0 saturated carbocycles. The van der Waals surface area contributed by atoms with Gasteiger partial charge in [0.1, 0.15) is 5.58 Å². The number of nitrogens with zero attached hydrogens (tertiary/aromatic N) is 2. The standard InChI is InChI=1S/C63H88BN2O/c1-18-22-23-29-56(48(8)46(6)30-32-49(21-4)25-19-2)65-41-36-50(26-20-3)66(51-28-24-27-45(5)34-37-61(12,13)38-35-51)58-53-42-54-55(63(16,17)40-39-62(54,14)15)43-57(53)67-59(58)64-44-52(65)33-31-47(7)60(9,10)11/h19-26,28,35-36,41-45,56H,3,6-8,18,27,29-34,37-40H2,1-2,4-5,9-17H3/b23-22+,25-19-,28-24-,41-36+,49-21+,50-26+,51-35+,52-44-. The lowest BCUT2D eigenvalue weighted by molar-refractivity contribution is 0.301. The van der Waals surface area contributed by atoms with E-state index in [1.807, 2.05) is 6.08 Å². The molecule has 2 aliphatic carbocycles.